The standard InChI is InChI=1S/C18H14Cl3N3OS/c1-26-17-22-10-23-24(17)9-18(11-5-3-2-4-6-11)16(25-18)14-12(19)7-8-13(20)15(14)21/h2-8,10,16H,9H2,1H3. The molecular weight excluding hydrogens is 413 g/mol. The van der Waals surface area contributed by atoms with Crippen molar-refractivity contribution >= 4 is 46.6 Å². The second-order valence-electron chi connectivity index (χ2n) is 5.91. The molecule has 2 atom stereocenters. The van der Waals surface area contributed by atoms with Crippen LogP contribution in [-0.4, -0.2) is 21.0 Å². The number of nitrogens with zero attached hydrogens (tertiary/aromatic N) is 3. The Kier molecular flexibility index (Phi) is 4.92. The Labute approximate surface area is 170 Å². The largest absolute Gasteiger partial charge is 0.354 e. The maximum absolute atomic E-state index is 6.45. The predicted molar refractivity (Wildman–Crippen MR) is 105 cm³/mol. The molecule has 0 radical (unpaired) electrons. The van der Waals surface area contributed by atoms with Gasteiger partial charge in [-0.3, -0.25) is 0 Å². The molecule has 4 rings (SSSR count). The molecule has 26 heavy (non-hydrogen) atoms. The summed E-state index contributed by atoms with van der Waals surface area (Å²) >= 11 is 20.6. The number of epoxide rings is 1. The van der Waals surface area contributed by atoms with E-state index in [9.17, 15) is 0 Å². The lowest BCUT2D eigenvalue weighted by molar-refractivity contribution is 0.256. The van der Waals surface area contributed by atoms with E-state index in [1.807, 2.05) is 41.3 Å². The van der Waals surface area contributed by atoms with Crippen molar-refractivity contribution in [1.29, 1.82) is 0 Å². The van der Waals surface area contributed by atoms with Crippen LogP contribution in [0.5, 0.6) is 0 Å². The number of ether oxygens (including phenoxy) is 1. The minimum atomic E-state index is -0.628. The highest BCUT2D eigenvalue weighted by Crippen LogP contribution is 2.61. The summed E-state index contributed by atoms with van der Waals surface area (Å²) in [6.45, 7) is 0.497. The van der Waals surface area contributed by atoms with E-state index in [4.69, 9.17) is 39.5 Å². The lowest BCUT2D eigenvalue weighted by Crippen LogP contribution is -2.20. The third-order valence-corrected chi connectivity index (χ3v) is 6.28. The molecule has 0 aliphatic carbocycles. The highest BCUT2D eigenvalue weighted by Gasteiger charge is 2.60. The summed E-state index contributed by atoms with van der Waals surface area (Å²) in [5.74, 6) is 0. The molecule has 0 N–H and O–H groups in total. The second kappa shape index (κ2) is 7.06. The third kappa shape index (κ3) is 3.02. The molecule has 0 spiro atoms. The quantitative estimate of drug-likeness (QED) is 0.301. The lowest BCUT2D eigenvalue weighted by Gasteiger charge is -2.16. The molecule has 134 valence electrons. The molecule has 1 aliphatic heterocycles. The predicted octanol–water partition coefficient (Wildman–Crippen LogP) is 5.63. The topological polar surface area (TPSA) is 43.2 Å². The zero-order chi connectivity index (χ0) is 18.3. The van der Waals surface area contributed by atoms with Crippen LogP contribution < -0.4 is 0 Å². The van der Waals surface area contributed by atoms with Crippen LogP contribution in [-0.2, 0) is 16.9 Å². The Morgan fingerprint density at radius 1 is 1.12 bits per heavy atom. The summed E-state index contributed by atoms with van der Waals surface area (Å²) in [5, 5.41) is 6.57. The van der Waals surface area contributed by atoms with Crippen LogP contribution in [0.1, 0.15) is 17.2 Å². The minimum absolute atomic E-state index is 0.317. The van der Waals surface area contributed by atoms with E-state index in [0.29, 0.717) is 27.2 Å². The van der Waals surface area contributed by atoms with E-state index >= 15 is 0 Å². The van der Waals surface area contributed by atoms with Gasteiger partial charge >= 0.3 is 0 Å². The fourth-order valence-electron chi connectivity index (χ4n) is 3.15. The van der Waals surface area contributed by atoms with Gasteiger partial charge in [-0.2, -0.15) is 5.10 Å². The Morgan fingerprint density at radius 3 is 2.58 bits per heavy atom. The fraction of sp³-hybridized carbons (Fsp3) is 0.222. The molecule has 8 heteroatoms. The number of aromatic nitrogens is 3. The van der Waals surface area contributed by atoms with Crippen LogP contribution in [0.3, 0.4) is 0 Å². The van der Waals surface area contributed by atoms with Crippen molar-refractivity contribution in [3.8, 4) is 0 Å². The smallest absolute Gasteiger partial charge is 0.185 e. The van der Waals surface area contributed by atoms with E-state index in [0.717, 1.165) is 10.7 Å². The fourth-order valence-corrected chi connectivity index (χ4v) is 4.35. The average molecular weight is 427 g/mol. The van der Waals surface area contributed by atoms with Gasteiger partial charge < -0.3 is 4.74 Å². The van der Waals surface area contributed by atoms with Crippen molar-refractivity contribution in [2.24, 2.45) is 0 Å². The van der Waals surface area contributed by atoms with Gasteiger partial charge in [0.1, 0.15) is 18.0 Å². The van der Waals surface area contributed by atoms with Crippen LogP contribution in [0, 0.1) is 0 Å². The van der Waals surface area contributed by atoms with Gasteiger partial charge in [-0.15, -0.1) is 0 Å². The van der Waals surface area contributed by atoms with Crippen LogP contribution in [0.2, 0.25) is 15.1 Å². The normalized spacial score (nSPS) is 21.8. The highest BCUT2D eigenvalue weighted by atomic mass is 35.5. The number of rotatable bonds is 5. The second-order valence-corrected chi connectivity index (χ2v) is 7.88. The van der Waals surface area contributed by atoms with Crippen molar-refractivity contribution in [3.63, 3.8) is 0 Å². The van der Waals surface area contributed by atoms with E-state index < -0.39 is 5.60 Å². The molecule has 2 heterocycles. The van der Waals surface area contributed by atoms with Gasteiger partial charge in [0.25, 0.3) is 0 Å². The zero-order valence-electron chi connectivity index (χ0n) is 13.7. The molecule has 2 unspecified atom stereocenters. The summed E-state index contributed by atoms with van der Waals surface area (Å²) in [6.07, 6.45) is 3.19. The van der Waals surface area contributed by atoms with Crippen LogP contribution in [0.4, 0.5) is 0 Å². The summed E-state index contributed by atoms with van der Waals surface area (Å²) < 4.78 is 8.08. The van der Waals surface area contributed by atoms with Crippen molar-refractivity contribution in [2.45, 2.75) is 23.4 Å². The van der Waals surface area contributed by atoms with Crippen molar-refractivity contribution < 1.29 is 4.74 Å². The van der Waals surface area contributed by atoms with E-state index in [-0.39, 0.29) is 6.10 Å². The van der Waals surface area contributed by atoms with E-state index in [1.165, 1.54) is 11.8 Å². The third-order valence-electron chi connectivity index (χ3n) is 4.45. The number of hydrogen-bond acceptors (Lipinski definition) is 4. The summed E-state index contributed by atoms with van der Waals surface area (Å²) in [7, 11) is 0. The Hall–Kier alpha value is -1.24. The number of thioether (sulfide) groups is 1. The first kappa shape index (κ1) is 18.1. The minimum Gasteiger partial charge on any atom is -0.354 e. The van der Waals surface area contributed by atoms with Gasteiger partial charge in [-0.25, -0.2) is 9.67 Å². The van der Waals surface area contributed by atoms with Crippen LogP contribution in [0.25, 0.3) is 0 Å². The first-order valence-corrected chi connectivity index (χ1v) is 10.2. The van der Waals surface area contributed by atoms with Gasteiger partial charge in [0.15, 0.2) is 5.16 Å². The van der Waals surface area contributed by atoms with Crippen LogP contribution in [0.15, 0.2) is 53.9 Å². The molecule has 1 aromatic heterocycles. The van der Waals surface area contributed by atoms with Crippen molar-refractivity contribution in [3.05, 3.63) is 75.0 Å². The molecule has 1 saturated heterocycles. The molecule has 0 saturated carbocycles. The summed E-state index contributed by atoms with van der Waals surface area (Å²) in [6, 6.07) is 13.4. The zero-order valence-corrected chi connectivity index (χ0v) is 16.8. The first-order chi connectivity index (χ1) is 12.6. The van der Waals surface area contributed by atoms with Gasteiger partial charge in [-0.1, -0.05) is 76.9 Å². The average Bonchev–Trinajstić information content (AvgIpc) is 3.18. The molecule has 0 bridgehead atoms. The Balaban J connectivity index is 1.79. The SMILES string of the molecule is CSc1ncnn1CC1(c2ccccc2)OC1c1c(Cl)ccc(Cl)c1Cl. The summed E-state index contributed by atoms with van der Waals surface area (Å²) in [5.41, 5.74) is 1.10. The summed E-state index contributed by atoms with van der Waals surface area (Å²) in [4.78, 5) is 4.27. The number of benzene rings is 2. The first-order valence-electron chi connectivity index (χ1n) is 7.85. The van der Waals surface area contributed by atoms with Gasteiger partial charge in [0.05, 0.1) is 16.6 Å². The molecule has 2 aromatic carbocycles. The number of halogens is 3. The maximum atomic E-state index is 6.45. The van der Waals surface area contributed by atoms with Crippen molar-refractivity contribution in [1.82, 2.24) is 14.8 Å². The molecular formula is C18H14Cl3N3OS. The monoisotopic (exact) mass is 425 g/mol. The van der Waals surface area contributed by atoms with Gasteiger partial charge in [0.2, 0.25) is 0 Å². The number of hydrogen-bond donors (Lipinski definition) is 0. The highest BCUT2D eigenvalue weighted by molar-refractivity contribution is 7.98. The Morgan fingerprint density at radius 2 is 1.85 bits per heavy atom. The molecule has 3 aromatic rings. The van der Waals surface area contributed by atoms with Gasteiger partial charge in [-0.05, 0) is 24.0 Å². The van der Waals surface area contributed by atoms with Crippen molar-refractivity contribution in [2.75, 3.05) is 6.26 Å². The molecule has 1 fully saturated rings. The van der Waals surface area contributed by atoms with Gasteiger partial charge in [0, 0.05) is 10.6 Å². The maximum Gasteiger partial charge on any atom is 0.185 e. The Bertz CT molecular complexity index is 950. The lowest BCUT2D eigenvalue weighted by atomic mass is 9.91. The molecule has 4 nitrogen and oxygen atoms in total. The van der Waals surface area contributed by atoms with Crippen LogP contribution >= 0.6 is 46.6 Å². The molecule has 1 aliphatic rings. The van der Waals surface area contributed by atoms with E-state index in [2.05, 4.69) is 10.1 Å². The van der Waals surface area contributed by atoms with E-state index in [1.54, 1.807) is 18.5 Å². The molecule has 0 amide bonds.